The molecule has 0 spiro atoms. The Bertz CT molecular complexity index is 263. The lowest BCUT2D eigenvalue weighted by atomic mass is 10.3. The topological polar surface area (TPSA) is 23.8 Å². The normalized spacial score (nSPS) is 13.1. The summed E-state index contributed by atoms with van der Waals surface area (Å²) >= 11 is 0. The van der Waals surface area contributed by atoms with Gasteiger partial charge in [-0.3, -0.25) is 0 Å². The van der Waals surface area contributed by atoms with Crippen LogP contribution in [0.5, 0.6) is 0 Å². The molecule has 2 heteroatoms. The van der Waals surface area contributed by atoms with Gasteiger partial charge in [-0.1, -0.05) is 52.7 Å². The van der Waals surface area contributed by atoms with Crippen molar-refractivity contribution >= 4 is 12.7 Å². The Morgan fingerprint density at radius 2 is 1.59 bits per heavy atom. The monoisotopic (exact) mass is 255 g/mol. The van der Waals surface area contributed by atoms with Crippen LogP contribution in [0.15, 0.2) is 0 Å². The third-order valence-electron chi connectivity index (χ3n) is 3.70. The molecule has 0 amide bonds. The van der Waals surface area contributed by atoms with E-state index in [1.165, 1.54) is 38.0 Å². The fourth-order valence-electron chi connectivity index (χ4n) is 2.48. The first-order chi connectivity index (χ1) is 8.20. The van der Waals surface area contributed by atoms with Crippen LogP contribution in [0.25, 0.3) is 0 Å². The van der Waals surface area contributed by atoms with Gasteiger partial charge in [0.1, 0.15) is 0 Å². The highest BCUT2D eigenvalue weighted by atomic mass is 31.2. The first-order valence-electron chi connectivity index (χ1n) is 7.27. The lowest BCUT2D eigenvalue weighted by molar-refractivity contribution is 0.803. The fraction of sp³-hybridized carbons (Fsp3) is 0.867. The molecule has 0 aliphatic heterocycles. The molecule has 0 radical (unpaired) electrons. The number of nitrogens with zero attached hydrogens (tertiary/aromatic N) is 1. The fourth-order valence-corrected chi connectivity index (χ4v) is 7.01. The van der Waals surface area contributed by atoms with E-state index < -0.39 is 6.89 Å². The standard InChI is InChI=1S/C15H30NP/c1-5-9-12-17(8-4,13-10-6-2)15(14-16)11-7-3/h8,15H,5-7,9-13H2,1-4H3. The van der Waals surface area contributed by atoms with E-state index in [0.29, 0.717) is 5.66 Å². The minimum atomic E-state index is -1.12. The zero-order chi connectivity index (χ0) is 13.1. The first-order valence-corrected chi connectivity index (χ1v) is 9.57. The minimum absolute atomic E-state index is 0.329. The molecule has 1 atom stereocenters. The molecule has 0 N–H and O–H groups in total. The van der Waals surface area contributed by atoms with Crippen LogP contribution < -0.4 is 0 Å². The van der Waals surface area contributed by atoms with Crippen LogP contribution >= 0.6 is 6.89 Å². The van der Waals surface area contributed by atoms with Gasteiger partial charge in [-0.25, -0.2) is 0 Å². The van der Waals surface area contributed by atoms with Crippen molar-refractivity contribution in [1.29, 1.82) is 5.26 Å². The molecule has 0 aromatic rings. The SMILES string of the molecule is CC=P(CCCC)(CCCC)C(C#N)CCC. The van der Waals surface area contributed by atoms with E-state index >= 15 is 0 Å². The average Bonchev–Trinajstić information content (AvgIpc) is 2.37. The molecule has 0 aromatic carbocycles. The summed E-state index contributed by atoms with van der Waals surface area (Å²) < 4.78 is 0. The molecule has 100 valence electrons. The lowest BCUT2D eigenvalue weighted by Crippen LogP contribution is -2.14. The Labute approximate surface area is 109 Å². The first kappa shape index (κ1) is 16.8. The van der Waals surface area contributed by atoms with E-state index in [4.69, 9.17) is 0 Å². The Morgan fingerprint density at radius 1 is 1.06 bits per heavy atom. The largest absolute Gasteiger partial charge is 0.198 e. The van der Waals surface area contributed by atoms with Crippen LogP contribution in [-0.4, -0.2) is 23.8 Å². The van der Waals surface area contributed by atoms with Crippen molar-refractivity contribution in [3.8, 4) is 6.07 Å². The van der Waals surface area contributed by atoms with Crippen molar-refractivity contribution < 1.29 is 0 Å². The van der Waals surface area contributed by atoms with Gasteiger partial charge in [0.25, 0.3) is 0 Å². The summed E-state index contributed by atoms with van der Waals surface area (Å²) in [4.78, 5) is 0. The molecule has 0 aliphatic rings. The van der Waals surface area contributed by atoms with Crippen molar-refractivity contribution in [2.75, 3.05) is 12.3 Å². The molecule has 0 saturated carbocycles. The third kappa shape index (κ3) is 5.31. The van der Waals surface area contributed by atoms with E-state index in [9.17, 15) is 5.26 Å². The van der Waals surface area contributed by atoms with Gasteiger partial charge < -0.3 is 0 Å². The maximum atomic E-state index is 9.48. The molecule has 0 heterocycles. The molecule has 0 aromatic heterocycles. The molecular weight excluding hydrogens is 225 g/mol. The van der Waals surface area contributed by atoms with E-state index in [-0.39, 0.29) is 0 Å². The predicted octanol–water partition coefficient (Wildman–Crippen LogP) is 5.12. The maximum absolute atomic E-state index is 9.48. The summed E-state index contributed by atoms with van der Waals surface area (Å²) in [6, 6.07) is 2.63. The molecule has 1 unspecified atom stereocenters. The summed E-state index contributed by atoms with van der Waals surface area (Å²) in [5.74, 6) is 2.45. The lowest BCUT2D eigenvalue weighted by Gasteiger charge is -2.30. The zero-order valence-electron chi connectivity index (χ0n) is 12.2. The quantitative estimate of drug-likeness (QED) is 0.525. The molecule has 0 aliphatic carbocycles. The van der Waals surface area contributed by atoms with Crippen molar-refractivity contribution in [3.05, 3.63) is 0 Å². The van der Waals surface area contributed by atoms with Crippen LogP contribution in [0.3, 0.4) is 0 Å². The van der Waals surface area contributed by atoms with Gasteiger partial charge in [0.2, 0.25) is 0 Å². The van der Waals surface area contributed by atoms with Gasteiger partial charge in [0.15, 0.2) is 0 Å². The van der Waals surface area contributed by atoms with E-state index in [2.05, 4.69) is 39.6 Å². The summed E-state index contributed by atoms with van der Waals surface area (Å²) in [7, 11) is 0. The Balaban J connectivity index is 4.95. The number of hydrogen-bond donors (Lipinski definition) is 0. The van der Waals surface area contributed by atoms with E-state index in [1.807, 2.05) is 0 Å². The number of nitriles is 1. The van der Waals surface area contributed by atoms with Crippen LogP contribution in [0, 0.1) is 11.3 Å². The van der Waals surface area contributed by atoms with Gasteiger partial charge in [-0.2, -0.15) is 5.26 Å². The van der Waals surface area contributed by atoms with Gasteiger partial charge in [-0.05, 0) is 38.5 Å². The highest BCUT2D eigenvalue weighted by Crippen LogP contribution is 2.54. The van der Waals surface area contributed by atoms with Crippen molar-refractivity contribution in [2.24, 2.45) is 0 Å². The van der Waals surface area contributed by atoms with E-state index in [1.54, 1.807) is 0 Å². The Kier molecular flexibility index (Phi) is 9.66. The molecule has 17 heavy (non-hydrogen) atoms. The zero-order valence-corrected chi connectivity index (χ0v) is 13.1. The van der Waals surface area contributed by atoms with Crippen LogP contribution in [-0.2, 0) is 0 Å². The summed E-state index contributed by atoms with van der Waals surface area (Å²) in [6.07, 6.45) is 9.95. The second-order valence-electron chi connectivity index (χ2n) is 4.95. The van der Waals surface area contributed by atoms with Gasteiger partial charge in [0, 0.05) is 0 Å². The van der Waals surface area contributed by atoms with Gasteiger partial charge in [0.05, 0.1) is 11.7 Å². The van der Waals surface area contributed by atoms with Crippen molar-refractivity contribution in [2.45, 2.75) is 71.9 Å². The Morgan fingerprint density at radius 3 is 1.88 bits per heavy atom. The summed E-state index contributed by atoms with van der Waals surface area (Å²) in [5.41, 5.74) is 0.329. The number of unbranched alkanes of at least 4 members (excludes halogenated alkanes) is 2. The molecular formula is C15H30NP. The van der Waals surface area contributed by atoms with Gasteiger partial charge >= 0.3 is 0 Å². The molecule has 0 rings (SSSR count). The average molecular weight is 255 g/mol. The van der Waals surface area contributed by atoms with Crippen LogP contribution in [0.4, 0.5) is 0 Å². The molecule has 1 nitrogen and oxygen atoms in total. The van der Waals surface area contributed by atoms with Crippen molar-refractivity contribution in [3.63, 3.8) is 0 Å². The second kappa shape index (κ2) is 9.78. The van der Waals surface area contributed by atoms with Gasteiger partial charge in [-0.15, -0.1) is 0 Å². The van der Waals surface area contributed by atoms with Crippen LogP contribution in [0.1, 0.15) is 66.2 Å². The predicted molar refractivity (Wildman–Crippen MR) is 82.5 cm³/mol. The Hall–Kier alpha value is -0.210. The maximum Gasteiger partial charge on any atom is 0.0702 e. The second-order valence-corrected chi connectivity index (χ2v) is 9.19. The minimum Gasteiger partial charge on any atom is -0.198 e. The van der Waals surface area contributed by atoms with Crippen LogP contribution in [0.2, 0.25) is 0 Å². The summed E-state index contributed by atoms with van der Waals surface area (Å²) in [5, 5.41) is 9.48. The molecule has 0 fully saturated rings. The number of rotatable bonds is 9. The number of hydrogen-bond acceptors (Lipinski definition) is 1. The molecule has 0 saturated heterocycles. The highest BCUT2D eigenvalue weighted by molar-refractivity contribution is 7.75. The third-order valence-corrected chi connectivity index (χ3v) is 8.64. The smallest absolute Gasteiger partial charge is 0.0702 e. The van der Waals surface area contributed by atoms with Crippen molar-refractivity contribution in [1.82, 2.24) is 0 Å². The highest BCUT2D eigenvalue weighted by Gasteiger charge is 2.25. The van der Waals surface area contributed by atoms with E-state index in [0.717, 1.165) is 12.8 Å². The molecule has 0 bridgehead atoms. The summed E-state index contributed by atoms with van der Waals surface area (Å²) in [6.45, 7) is 7.80.